The lowest BCUT2D eigenvalue weighted by Gasteiger charge is -2.19. The zero-order valence-corrected chi connectivity index (χ0v) is 23.6. The minimum atomic E-state index is -4.38. The van der Waals surface area contributed by atoms with Crippen molar-refractivity contribution in [2.75, 3.05) is 39.5 Å². The summed E-state index contributed by atoms with van der Waals surface area (Å²) in [4.78, 5) is 26.9. The summed E-state index contributed by atoms with van der Waals surface area (Å²) < 4.78 is 39.6. The number of rotatable bonds is 9. The van der Waals surface area contributed by atoms with Crippen molar-refractivity contribution in [3.8, 4) is 11.4 Å². The van der Waals surface area contributed by atoms with Crippen LogP contribution < -0.4 is 5.32 Å². The van der Waals surface area contributed by atoms with E-state index in [4.69, 9.17) is 9.97 Å². The maximum atomic E-state index is 13.8. The van der Waals surface area contributed by atoms with Gasteiger partial charge in [0.2, 0.25) is 0 Å². The first-order valence-corrected chi connectivity index (χ1v) is 12.9. The number of alkyl halides is 3. The number of nitrogens with one attached hydrogen (secondary N) is 1. The number of hydrogen-bond donors (Lipinski definition) is 1. The predicted octanol–water partition coefficient (Wildman–Crippen LogP) is 5.23. The summed E-state index contributed by atoms with van der Waals surface area (Å²) in [6, 6.07) is 11.3. The summed E-state index contributed by atoms with van der Waals surface area (Å²) in [6.07, 6.45) is -3.00. The average molecular weight is 554 g/mol. The number of nitrogens with zero attached hydrogens (tertiary/aromatic N) is 6. The van der Waals surface area contributed by atoms with Crippen LogP contribution in [0.1, 0.15) is 32.9 Å². The molecule has 0 aliphatic rings. The van der Waals surface area contributed by atoms with E-state index in [0.717, 1.165) is 34.7 Å². The van der Waals surface area contributed by atoms with Crippen LogP contribution in [-0.2, 0) is 13.1 Å². The van der Waals surface area contributed by atoms with E-state index in [-0.39, 0.29) is 12.5 Å². The lowest BCUT2D eigenvalue weighted by Crippen LogP contribution is -2.27. The molecule has 0 spiro atoms. The largest absolute Gasteiger partial charge is 0.408 e. The van der Waals surface area contributed by atoms with Gasteiger partial charge in [-0.15, -0.1) is 0 Å². The molecule has 3 aromatic heterocycles. The fourth-order valence-electron chi connectivity index (χ4n) is 4.46. The van der Waals surface area contributed by atoms with E-state index in [1.54, 1.807) is 20.0 Å². The summed E-state index contributed by atoms with van der Waals surface area (Å²) in [5.41, 5.74) is 5.93. The van der Waals surface area contributed by atoms with Crippen molar-refractivity contribution in [3.05, 3.63) is 70.7 Å². The molecule has 0 unspecified atom stereocenters. The highest BCUT2D eigenvalue weighted by atomic mass is 19.4. The molecule has 0 saturated heterocycles. The van der Waals surface area contributed by atoms with Gasteiger partial charge >= 0.3 is 6.18 Å². The average Bonchev–Trinajstić information content (AvgIpc) is 3.20. The van der Waals surface area contributed by atoms with Crippen LogP contribution in [0, 0.1) is 20.8 Å². The standard InChI is InChI=1S/C29H34F3N7O/c1-18-7-8-25-22(13-18)23(28(40)38(6)16-21-15-34-39(20(21)3)17-29(30,31)32)14-27(36-25)26-10-9-24(19(2)35-26)33-11-12-37(4)5/h7-10,13-15,33H,11-12,16-17H2,1-6H3. The van der Waals surface area contributed by atoms with E-state index in [1.807, 2.05) is 58.3 Å². The second-order valence-corrected chi connectivity index (χ2v) is 10.3. The Morgan fingerprint density at radius 1 is 1.00 bits per heavy atom. The van der Waals surface area contributed by atoms with Gasteiger partial charge in [-0.25, -0.2) is 9.97 Å². The van der Waals surface area contributed by atoms with Gasteiger partial charge in [0.1, 0.15) is 6.54 Å². The minimum Gasteiger partial charge on any atom is -0.382 e. The molecule has 0 bridgehead atoms. The third-order valence-corrected chi connectivity index (χ3v) is 6.71. The molecule has 3 heterocycles. The van der Waals surface area contributed by atoms with Crippen molar-refractivity contribution < 1.29 is 18.0 Å². The smallest absolute Gasteiger partial charge is 0.382 e. The van der Waals surface area contributed by atoms with Gasteiger partial charge in [0.05, 0.1) is 40.0 Å². The Morgan fingerprint density at radius 3 is 2.42 bits per heavy atom. The molecule has 4 rings (SSSR count). The van der Waals surface area contributed by atoms with Crippen LogP contribution in [0.4, 0.5) is 18.9 Å². The van der Waals surface area contributed by atoms with Gasteiger partial charge in [-0.3, -0.25) is 9.48 Å². The van der Waals surface area contributed by atoms with Crippen molar-refractivity contribution in [1.82, 2.24) is 29.5 Å². The van der Waals surface area contributed by atoms with Crippen molar-refractivity contribution in [2.24, 2.45) is 0 Å². The number of carbonyl (C=O) groups is 1. The van der Waals surface area contributed by atoms with Crippen molar-refractivity contribution >= 4 is 22.5 Å². The topological polar surface area (TPSA) is 79.2 Å². The van der Waals surface area contributed by atoms with Gasteiger partial charge in [0, 0.05) is 43.3 Å². The van der Waals surface area contributed by atoms with Crippen LogP contribution in [0.3, 0.4) is 0 Å². The Kier molecular flexibility index (Phi) is 8.43. The van der Waals surface area contributed by atoms with Gasteiger partial charge in [-0.2, -0.15) is 18.3 Å². The van der Waals surface area contributed by atoms with E-state index >= 15 is 0 Å². The highest BCUT2D eigenvalue weighted by molar-refractivity contribution is 6.07. The Bertz CT molecular complexity index is 1530. The molecule has 1 N–H and O–H groups in total. The van der Waals surface area contributed by atoms with Gasteiger partial charge in [-0.1, -0.05) is 11.6 Å². The Morgan fingerprint density at radius 2 is 1.75 bits per heavy atom. The summed E-state index contributed by atoms with van der Waals surface area (Å²) in [5.74, 6) is -0.277. The van der Waals surface area contributed by atoms with Crippen LogP contribution in [-0.4, -0.2) is 75.9 Å². The Balaban J connectivity index is 1.65. The molecule has 0 aliphatic heterocycles. The van der Waals surface area contributed by atoms with E-state index in [2.05, 4.69) is 15.3 Å². The molecule has 4 aromatic rings. The van der Waals surface area contributed by atoms with Gasteiger partial charge in [0.15, 0.2) is 0 Å². The summed E-state index contributed by atoms with van der Waals surface area (Å²) in [6.45, 7) is 6.03. The number of halogens is 3. The van der Waals surface area contributed by atoms with Crippen LogP contribution >= 0.6 is 0 Å². The predicted molar refractivity (Wildman–Crippen MR) is 150 cm³/mol. The normalized spacial score (nSPS) is 11.8. The molecular weight excluding hydrogens is 519 g/mol. The van der Waals surface area contributed by atoms with E-state index in [1.165, 1.54) is 11.1 Å². The second-order valence-electron chi connectivity index (χ2n) is 10.3. The zero-order chi connectivity index (χ0) is 29.2. The number of anilines is 1. The molecule has 212 valence electrons. The number of amides is 1. The van der Waals surface area contributed by atoms with Crippen LogP contribution in [0.5, 0.6) is 0 Å². The first-order valence-electron chi connectivity index (χ1n) is 12.9. The molecule has 0 radical (unpaired) electrons. The highest BCUT2D eigenvalue weighted by Gasteiger charge is 2.30. The first kappa shape index (κ1) is 29.0. The molecule has 40 heavy (non-hydrogen) atoms. The Hall–Kier alpha value is -3.99. The molecule has 8 nitrogen and oxygen atoms in total. The number of hydrogen-bond acceptors (Lipinski definition) is 6. The summed E-state index contributed by atoms with van der Waals surface area (Å²) in [5, 5.41) is 7.97. The summed E-state index contributed by atoms with van der Waals surface area (Å²) >= 11 is 0. The highest BCUT2D eigenvalue weighted by Crippen LogP contribution is 2.28. The van der Waals surface area contributed by atoms with Crippen molar-refractivity contribution in [3.63, 3.8) is 0 Å². The maximum absolute atomic E-state index is 13.8. The quantitative estimate of drug-likeness (QED) is 0.306. The number of likely N-dealkylation sites (N-methyl/N-ethyl adjacent to an activating group) is 1. The Labute approximate surface area is 231 Å². The lowest BCUT2D eigenvalue weighted by atomic mass is 10.0. The van der Waals surface area contributed by atoms with Gasteiger partial charge < -0.3 is 15.1 Å². The molecule has 0 atom stereocenters. The lowest BCUT2D eigenvalue weighted by molar-refractivity contribution is -0.142. The van der Waals surface area contributed by atoms with Gasteiger partial charge in [0.25, 0.3) is 5.91 Å². The number of aryl methyl sites for hydroxylation is 2. The molecule has 0 aliphatic carbocycles. The molecule has 0 saturated carbocycles. The number of carbonyl (C=O) groups excluding carboxylic acids is 1. The number of aromatic nitrogens is 4. The molecule has 1 aromatic carbocycles. The van der Waals surface area contributed by atoms with Crippen LogP contribution in [0.15, 0.2) is 42.6 Å². The summed E-state index contributed by atoms with van der Waals surface area (Å²) in [7, 11) is 5.66. The van der Waals surface area contributed by atoms with E-state index in [9.17, 15) is 18.0 Å². The zero-order valence-electron chi connectivity index (χ0n) is 23.6. The molecule has 1 amide bonds. The van der Waals surface area contributed by atoms with E-state index in [0.29, 0.717) is 39.1 Å². The fraction of sp³-hybridized carbons (Fsp3) is 0.379. The third kappa shape index (κ3) is 6.77. The van der Waals surface area contributed by atoms with Gasteiger partial charge in [-0.05, 0) is 65.2 Å². The molecular formula is C29H34F3N7O. The first-order chi connectivity index (χ1) is 18.8. The number of benzene rings is 1. The second kappa shape index (κ2) is 11.6. The SMILES string of the molecule is Cc1ccc2nc(-c3ccc(NCCN(C)C)c(C)n3)cc(C(=O)N(C)Cc3cnn(CC(F)(F)F)c3C)c2c1. The number of pyridine rings is 2. The fourth-order valence-corrected chi connectivity index (χ4v) is 4.46. The molecule has 11 heteroatoms. The minimum absolute atomic E-state index is 0.109. The van der Waals surface area contributed by atoms with Crippen molar-refractivity contribution in [1.29, 1.82) is 0 Å². The van der Waals surface area contributed by atoms with Crippen LogP contribution in [0.2, 0.25) is 0 Å². The molecule has 0 fully saturated rings. The maximum Gasteiger partial charge on any atom is 0.408 e. The van der Waals surface area contributed by atoms with Crippen molar-refractivity contribution in [2.45, 2.75) is 40.0 Å². The number of fused-ring (bicyclic) bond motifs is 1. The van der Waals surface area contributed by atoms with E-state index < -0.39 is 12.7 Å². The monoisotopic (exact) mass is 553 g/mol. The van der Waals surface area contributed by atoms with Crippen LogP contribution in [0.25, 0.3) is 22.3 Å². The third-order valence-electron chi connectivity index (χ3n) is 6.71.